The maximum absolute atomic E-state index is 12.6. The van der Waals surface area contributed by atoms with Crippen molar-refractivity contribution in [3.8, 4) is 102 Å². The third-order valence-corrected chi connectivity index (χ3v) is 18.1. The van der Waals surface area contributed by atoms with Gasteiger partial charge in [0.1, 0.15) is 57.5 Å². The summed E-state index contributed by atoms with van der Waals surface area (Å²) in [7, 11) is 3.16. The van der Waals surface area contributed by atoms with Gasteiger partial charge in [0, 0.05) is 46.6 Å². The first kappa shape index (κ1) is 71.7. The summed E-state index contributed by atoms with van der Waals surface area (Å²) in [6.45, 7) is 4.98. The summed E-state index contributed by atoms with van der Waals surface area (Å²) in [4.78, 5) is 49.7. The summed E-state index contributed by atoms with van der Waals surface area (Å²) in [6, 6.07) is 89.0. The minimum absolute atomic E-state index is 0.114. The summed E-state index contributed by atoms with van der Waals surface area (Å²) in [5.41, 5.74) is 11.5. The number of carbonyl (C=O) groups is 4. The SMILES string of the molecule is CCOc1ccc2cc(/C=C\C(=O)Oc3ccc(OC)cc3)ccc2c1-c1c(OCC)ccc2cc(/C=C\C(=O)Oc3ccc(OC)cc3)ccc12.O=C(/C=C\c1ccc(-c2ccc3c4c(ccc3c2)OCOc2ccc3cc(-c5ccc(/C=C\C(=O)Oc6ccccc6)cc5)ccc3c2-4)cc1)Oc1ccccc1. The first-order chi connectivity index (χ1) is 53.4. The third-order valence-electron chi connectivity index (χ3n) is 18.1. The standard InChI is InChI=1S/C51H34O6.C44H38O8/c52-48(56-42-7-3-1-4-8-42)29-15-34-11-17-36(18-12-34)38-21-25-44-40(31-38)23-27-46-50(44)51-45-26-22-39(32-41(45)24-28-47(51)55-33-54-46)37-19-13-35(14-20-37)16-30-49(53)57-43-9-5-2-6-10-43;1-5-49-39-23-11-31-27-29(9-25-41(45)51-35-17-13-33(47-3)14-18-35)7-21-37(31)43(39)44-38-22-8-30(28-32(38)12-24-40(44)50-6-2)10-26-42(46)52-36-19-15-34(48-4)16-20-36/h1-32H,33H2;7-28H,5-6H2,1-4H3/b29-15-,30-16-;25-9-,26-10-. The van der Waals surface area contributed by atoms with Crippen LogP contribution in [0.2, 0.25) is 0 Å². The Labute approximate surface area is 630 Å². The lowest BCUT2D eigenvalue weighted by atomic mass is 9.90. The molecule has 536 valence electrons. The molecule has 0 amide bonds. The average Bonchev–Trinajstić information content (AvgIpc) is 1.54. The Morgan fingerprint density at radius 3 is 0.972 bits per heavy atom. The highest BCUT2D eigenvalue weighted by Crippen LogP contribution is 2.49. The van der Waals surface area contributed by atoms with Gasteiger partial charge in [-0.05, 0) is 247 Å². The predicted molar refractivity (Wildman–Crippen MR) is 431 cm³/mol. The lowest BCUT2D eigenvalue weighted by Crippen LogP contribution is -2.03. The Balaban J connectivity index is 0.000000183. The number of hydrogen-bond donors (Lipinski definition) is 0. The summed E-state index contributed by atoms with van der Waals surface area (Å²) in [5.74, 6) is 4.38. The van der Waals surface area contributed by atoms with Crippen molar-refractivity contribution in [1.82, 2.24) is 0 Å². The highest BCUT2D eigenvalue weighted by molar-refractivity contribution is 6.13. The van der Waals surface area contributed by atoms with Gasteiger partial charge < -0.3 is 47.4 Å². The molecule has 1 aliphatic rings. The number of methoxy groups -OCH3 is 2. The third kappa shape index (κ3) is 17.3. The second-order valence-corrected chi connectivity index (χ2v) is 25.1. The van der Waals surface area contributed by atoms with Crippen LogP contribution in [0.25, 0.3) is 112 Å². The van der Waals surface area contributed by atoms with Crippen molar-refractivity contribution in [2.75, 3.05) is 34.2 Å². The number of rotatable bonds is 21. The van der Waals surface area contributed by atoms with Crippen LogP contribution in [-0.4, -0.2) is 58.1 Å². The van der Waals surface area contributed by atoms with Crippen LogP contribution in [0.4, 0.5) is 0 Å². The van der Waals surface area contributed by atoms with Crippen LogP contribution in [-0.2, 0) is 19.2 Å². The maximum Gasteiger partial charge on any atom is 0.336 e. The molecule has 0 atom stereocenters. The summed E-state index contributed by atoms with van der Waals surface area (Å²) < 4.78 is 56.7. The van der Waals surface area contributed by atoms with E-state index in [0.717, 1.165) is 133 Å². The minimum atomic E-state index is -0.488. The zero-order chi connectivity index (χ0) is 75.0. The van der Waals surface area contributed by atoms with Crippen molar-refractivity contribution in [1.29, 1.82) is 0 Å². The minimum Gasteiger partial charge on any atom is -0.497 e. The molecule has 1 heterocycles. The zero-order valence-electron chi connectivity index (χ0n) is 60.0. The first-order valence-corrected chi connectivity index (χ1v) is 35.4. The second-order valence-electron chi connectivity index (χ2n) is 25.1. The van der Waals surface area contributed by atoms with Gasteiger partial charge in [-0.15, -0.1) is 0 Å². The van der Waals surface area contributed by atoms with Crippen molar-refractivity contribution in [3.63, 3.8) is 0 Å². The molecule has 0 radical (unpaired) electrons. The molecule has 0 fully saturated rings. The van der Waals surface area contributed by atoms with Gasteiger partial charge in [0.15, 0.2) is 0 Å². The van der Waals surface area contributed by atoms with E-state index in [1.165, 1.54) is 24.3 Å². The molecular weight excluding hydrogens is 1370 g/mol. The number of fused-ring (bicyclic) bond motifs is 9. The van der Waals surface area contributed by atoms with Gasteiger partial charge in [0.05, 0.1) is 27.4 Å². The van der Waals surface area contributed by atoms with E-state index in [1.54, 1.807) is 111 Å². The Morgan fingerprint density at radius 1 is 0.303 bits per heavy atom. The van der Waals surface area contributed by atoms with Gasteiger partial charge in [0.25, 0.3) is 0 Å². The van der Waals surface area contributed by atoms with E-state index in [-0.39, 0.29) is 6.79 Å². The molecule has 14 nitrogen and oxygen atoms in total. The van der Waals surface area contributed by atoms with Gasteiger partial charge in [-0.1, -0.05) is 158 Å². The van der Waals surface area contributed by atoms with Crippen molar-refractivity contribution >= 4 is 91.3 Å². The number of carbonyl (C=O) groups excluding carboxylic acids is 4. The molecule has 14 aromatic rings. The van der Waals surface area contributed by atoms with Crippen LogP contribution in [0.15, 0.2) is 303 Å². The number of benzene rings is 14. The van der Waals surface area contributed by atoms with Gasteiger partial charge in [-0.3, -0.25) is 0 Å². The van der Waals surface area contributed by atoms with E-state index in [2.05, 4.69) is 72.8 Å². The largest absolute Gasteiger partial charge is 0.497 e. The maximum atomic E-state index is 12.6. The monoisotopic (exact) mass is 1440 g/mol. The molecule has 14 heteroatoms. The van der Waals surface area contributed by atoms with E-state index in [0.29, 0.717) is 47.7 Å². The van der Waals surface area contributed by atoms with E-state index in [9.17, 15) is 19.2 Å². The molecule has 1 aliphatic heterocycles. The average molecular weight is 1440 g/mol. The Hall–Kier alpha value is -14.2. The molecule has 0 aromatic heterocycles. The van der Waals surface area contributed by atoms with Crippen molar-refractivity contribution < 1.29 is 66.5 Å². The smallest absolute Gasteiger partial charge is 0.336 e. The molecule has 109 heavy (non-hydrogen) atoms. The topological polar surface area (TPSA) is 161 Å². The molecule has 14 aromatic carbocycles. The summed E-state index contributed by atoms with van der Waals surface area (Å²) in [5, 5.41) is 8.11. The van der Waals surface area contributed by atoms with Gasteiger partial charge >= 0.3 is 23.9 Å². The molecule has 0 N–H and O–H groups in total. The fraction of sp³-hybridized carbons (Fsp3) is 0.0737. The Bertz CT molecular complexity index is 5450. The van der Waals surface area contributed by atoms with Crippen molar-refractivity contribution in [2.24, 2.45) is 0 Å². The number of para-hydroxylation sites is 2. The number of hydrogen-bond acceptors (Lipinski definition) is 14. The highest BCUT2D eigenvalue weighted by atomic mass is 16.7. The van der Waals surface area contributed by atoms with Crippen LogP contribution >= 0.6 is 0 Å². The second kappa shape index (κ2) is 33.7. The number of esters is 4. The van der Waals surface area contributed by atoms with Gasteiger partial charge in [0.2, 0.25) is 6.79 Å². The van der Waals surface area contributed by atoms with Crippen LogP contribution in [0.3, 0.4) is 0 Å². The molecule has 0 unspecified atom stereocenters. The lowest BCUT2D eigenvalue weighted by Gasteiger charge is -2.19. The highest BCUT2D eigenvalue weighted by Gasteiger charge is 2.24. The fourth-order valence-electron chi connectivity index (χ4n) is 12.9. The molecule has 0 saturated heterocycles. The molecular formula is C95H72O14. The van der Waals surface area contributed by atoms with Gasteiger partial charge in [-0.25, -0.2) is 19.2 Å². The van der Waals surface area contributed by atoms with Crippen LogP contribution < -0.4 is 47.4 Å². The summed E-state index contributed by atoms with van der Waals surface area (Å²) in [6.07, 6.45) is 12.6. The molecule has 0 aliphatic carbocycles. The molecule has 0 spiro atoms. The van der Waals surface area contributed by atoms with Crippen LogP contribution in [0.5, 0.6) is 57.5 Å². The van der Waals surface area contributed by atoms with E-state index in [4.69, 9.17) is 47.4 Å². The first-order valence-electron chi connectivity index (χ1n) is 35.4. The number of ether oxygens (including phenoxy) is 10. The van der Waals surface area contributed by atoms with Crippen LogP contribution in [0, 0.1) is 0 Å². The van der Waals surface area contributed by atoms with Crippen molar-refractivity contribution in [2.45, 2.75) is 13.8 Å². The normalized spacial score (nSPS) is 11.7. The van der Waals surface area contributed by atoms with E-state index in [1.807, 2.05) is 147 Å². The van der Waals surface area contributed by atoms with Crippen molar-refractivity contribution in [3.05, 3.63) is 326 Å². The van der Waals surface area contributed by atoms with Gasteiger partial charge in [-0.2, -0.15) is 0 Å². The van der Waals surface area contributed by atoms with Crippen LogP contribution in [0.1, 0.15) is 36.1 Å². The molecule has 15 rings (SSSR count). The Kier molecular flexibility index (Phi) is 22.2. The molecule has 0 saturated carbocycles. The quantitative estimate of drug-likeness (QED) is 0.0380. The fourth-order valence-corrected chi connectivity index (χ4v) is 12.9. The lowest BCUT2D eigenvalue weighted by molar-refractivity contribution is -0.129. The van der Waals surface area contributed by atoms with E-state index < -0.39 is 23.9 Å². The predicted octanol–water partition coefficient (Wildman–Crippen LogP) is 21.7. The zero-order valence-corrected chi connectivity index (χ0v) is 60.0. The molecule has 0 bridgehead atoms. The Morgan fingerprint density at radius 2 is 0.606 bits per heavy atom. The van der Waals surface area contributed by atoms with E-state index >= 15 is 0 Å². The summed E-state index contributed by atoms with van der Waals surface area (Å²) >= 11 is 0.